The van der Waals surface area contributed by atoms with Crippen molar-refractivity contribution in [3.05, 3.63) is 29.3 Å². The van der Waals surface area contributed by atoms with Crippen molar-refractivity contribution in [2.24, 2.45) is 0 Å². The zero-order valence-corrected chi connectivity index (χ0v) is 12.3. The number of hydrogen-bond donors (Lipinski definition) is 3. The molecule has 7 heteroatoms. The van der Waals surface area contributed by atoms with Gasteiger partial charge in [-0.25, -0.2) is 4.79 Å². The van der Waals surface area contributed by atoms with Crippen molar-refractivity contribution in [3.8, 4) is 0 Å². The van der Waals surface area contributed by atoms with Gasteiger partial charge in [0.2, 0.25) is 0 Å². The van der Waals surface area contributed by atoms with Crippen LogP contribution in [0.25, 0.3) is 0 Å². The monoisotopic (exact) mass is 265 g/mol. The van der Waals surface area contributed by atoms with Gasteiger partial charge in [0.25, 0.3) is 0 Å². The van der Waals surface area contributed by atoms with E-state index in [-0.39, 0.29) is 29.6 Å². The number of hydrogen-bond acceptors (Lipinski definition) is 2. The Hall–Kier alpha value is -0.750. The molecule has 1 aromatic carbocycles. The van der Waals surface area contributed by atoms with Crippen LogP contribution in [0.2, 0.25) is 5.02 Å². The largest absolute Gasteiger partial charge is 1.00 e. The summed E-state index contributed by atoms with van der Waals surface area (Å²) in [5.41, 5.74) is 0.541. The summed E-state index contributed by atoms with van der Waals surface area (Å²) < 4.78 is 0. The van der Waals surface area contributed by atoms with E-state index in [0.717, 1.165) is 0 Å². The minimum absolute atomic E-state index is 0. The summed E-state index contributed by atoms with van der Waals surface area (Å²) in [5.74, 6) is -1.09. The van der Waals surface area contributed by atoms with E-state index in [2.05, 4.69) is 10.6 Å². The van der Waals surface area contributed by atoms with Gasteiger partial charge in [-0.2, -0.15) is 0 Å². The molecule has 0 spiro atoms. The van der Waals surface area contributed by atoms with Crippen LogP contribution in [0.4, 0.5) is 10.5 Å². The molecule has 0 fully saturated rings. The Morgan fingerprint density at radius 1 is 1.29 bits per heavy atom. The smallest absolute Gasteiger partial charge is 0.480 e. The molecule has 0 saturated carbocycles. The molecule has 1 aromatic rings. The Labute approximate surface area is 126 Å². The number of nitrogens with one attached hydrogen (secondary N) is 2. The van der Waals surface area contributed by atoms with E-state index < -0.39 is 18.0 Å². The van der Waals surface area contributed by atoms with E-state index in [0.29, 0.717) is 10.7 Å². The van der Waals surface area contributed by atoms with Crippen LogP contribution >= 0.6 is 11.6 Å². The molecule has 86 valence electrons. The fourth-order valence-electron chi connectivity index (χ4n) is 0.959. The Balaban J connectivity index is 0.00000256. The Kier molecular flexibility index (Phi) is 7.22. The standard InChI is InChI=1S/C10H11ClN2O3.Na/c1-6(9(14)15)12-10(16)13-8-4-2-7(11)3-5-8;/h2-6H,1H3,(H,14,15)(H2,12,13,16);/q;+1. The van der Waals surface area contributed by atoms with Crippen LogP contribution in [0.1, 0.15) is 6.92 Å². The summed E-state index contributed by atoms with van der Waals surface area (Å²) in [7, 11) is 0. The van der Waals surface area contributed by atoms with Gasteiger partial charge >= 0.3 is 41.6 Å². The zero-order valence-electron chi connectivity index (χ0n) is 9.53. The first-order chi connectivity index (χ1) is 7.49. The van der Waals surface area contributed by atoms with Crippen LogP contribution in [0, 0.1) is 0 Å². The summed E-state index contributed by atoms with van der Waals surface area (Å²) >= 11 is 5.67. The predicted molar refractivity (Wildman–Crippen MR) is 60.7 cm³/mol. The van der Waals surface area contributed by atoms with E-state index in [4.69, 9.17) is 16.7 Å². The van der Waals surface area contributed by atoms with E-state index in [1.165, 1.54) is 6.92 Å². The number of carboxylic acids is 1. The molecule has 1 unspecified atom stereocenters. The summed E-state index contributed by atoms with van der Waals surface area (Å²) in [6.45, 7) is 1.38. The molecule has 3 N–H and O–H groups in total. The van der Waals surface area contributed by atoms with Gasteiger partial charge < -0.3 is 15.7 Å². The maximum atomic E-state index is 11.3. The summed E-state index contributed by atoms with van der Waals surface area (Å²) in [6, 6.07) is 4.97. The Bertz CT molecular complexity index is 397. The first-order valence-electron chi connectivity index (χ1n) is 4.55. The van der Waals surface area contributed by atoms with Gasteiger partial charge in [0.15, 0.2) is 0 Å². The fraction of sp³-hybridized carbons (Fsp3) is 0.200. The second-order valence-electron chi connectivity index (χ2n) is 3.17. The van der Waals surface area contributed by atoms with Gasteiger partial charge in [-0.15, -0.1) is 0 Å². The average molecular weight is 266 g/mol. The van der Waals surface area contributed by atoms with Crippen molar-refractivity contribution in [2.75, 3.05) is 5.32 Å². The van der Waals surface area contributed by atoms with Crippen molar-refractivity contribution in [1.82, 2.24) is 5.32 Å². The van der Waals surface area contributed by atoms with E-state index in [9.17, 15) is 9.59 Å². The molecule has 0 aliphatic rings. The predicted octanol–water partition coefficient (Wildman–Crippen LogP) is -1.06. The summed E-state index contributed by atoms with van der Waals surface area (Å²) in [4.78, 5) is 21.8. The second-order valence-corrected chi connectivity index (χ2v) is 3.60. The molecular formula is C10H11ClN2NaO3+. The number of rotatable bonds is 3. The number of anilines is 1. The molecule has 0 bridgehead atoms. The SMILES string of the molecule is CC(NC(=O)Nc1ccc(Cl)cc1)C(=O)O.[Na+]. The average Bonchev–Trinajstić information content (AvgIpc) is 2.21. The van der Waals surface area contributed by atoms with Crippen molar-refractivity contribution in [1.29, 1.82) is 0 Å². The Morgan fingerprint density at radius 2 is 1.82 bits per heavy atom. The molecule has 0 heterocycles. The summed E-state index contributed by atoms with van der Waals surface area (Å²) in [6.07, 6.45) is 0. The van der Waals surface area contributed by atoms with Crippen molar-refractivity contribution >= 4 is 29.3 Å². The molecule has 0 aliphatic carbocycles. The molecule has 0 aliphatic heterocycles. The first kappa shape index (κ1) is 16.2. The third kappa shape index (κ3) is 5.93. The van der Waals surface area contributed by atoms with Gasteiger partial charge in [0.1, 0.15) is 6.04 Å². The van der Waals surface area contributed by atoms with Gasteiger partial charge in [-0.05, 0) is 31.2 Å². The van der Waals surface area contributed by atoms with Crippen LogP contribution in [0.5, 0.6) is 0 Å². The topological polar surface area (TPSA) is 78.4 Å². The third-order valence-corrected chi connectivity index (χ3v) is 2.07. The number of urea groups is 1. The van der Waals surface area contributed by atoms with Gasteiger partial charge in [-0.3, -0.25) is 4.79 Å². The molecule has 5 nitrogen and oxygen atoms in total. The number of amides is 2. The zero-order chi connectivity index (χ0) is 12.1. The van der Waals surface area contributed by atoms with Crippen LogP contribution < -0.4 is 40.2 Å². The van der Waals surface area contributed by atoms with Crippen molar-refractivity contribution in [3.63, 3.8) is 0 Å². The van der Waals surface area contributed by atoms with E-state index in [1.54, 1.807) is 24.3 Å². The number of carbonyl (C=O) groups excluding carboxylic acids is 1. The minimum atomic E-state index is -1.09. The van der Waals surface area contributed by atoms with Gasteiger partial charge in [0, 0.05) is 10.7 Å². The van der Waals surface area contributed by atoms with Crippen LogP contribution in [-0.4, -0.2) is 23.1 Å². The maximum absolute atomic E-state index is 11.3. The number of halogens is 1. The molecule has 0 aromatic heterocycles. The number of benzene rings is 1. The van der Waals surface area contributed by atoms with Gasteiger partial charge in [-0.1, -0.05) is 11.6 Å². The molecule has 2 amide bonds. The molecule has 0 saturated heterocycles. The van der Waals surface area contributed by atoms with Gasteiger partial charge in [0.05, 0.1) is 0 Å². The van der Waals surface area contributed by atoms with Crippen molar-refractivity contribution < 1.29 is 44.3 Å². The number of carbonyl (C=O) groups is 2. The molecule has 1 atom stereocenters. The number of carboxylic acid groups (broad SMARTS) is 1. The quantitative estimate of drug-likeness (QED) is 0.610. The van der Waals surface area contributed by atoms with E-state index in [1.807, 2.05) is 0 Å². The third-order valence-electron chi connectivity index (χ3n) is 1.82. The van der Waals surface area contributed by atoms with Crippen LogP contribution in [-0.2, 0) is 4.79 Å². The molecule has 17 heavy (non-hydrogen) atoms. The van der Waals surface area contributed by atoms with Crippen molar-refractivity contribution in [2.45, 2.75) is 13.0 Å². The molecular weight excluding hydrogens is 255 g/mol. The fourth-order valence-corrected chi connectivity index (χ4v) is 1.08. The maximum Gasteiger partial charge on any atom is 1.00 e. The van der Waals surface area contributed by atoms with Crippen LogP contribution in [0.3, 0.4) is 0 Å². The molecule has 0 radical (unpaired) electrons. The summed E-state index contributed by atoms with van der Waals surface area (Å²) in [5, 5.41) is 13.9. The first-order valence-corrected chi connectivity index (χ1v) is 4.92. The Morgan fingerprint density at radius 3 is 2.29 bits per heavy atom. The normalized spacial score (nSPS) is 10.9. The number of aliphatic carboxylic acids is 1. The molecule has 1 rings (SSSR count). The van der Waals surface area contributed by atoms with E-state index >= 15 is 0 Å². The minimum Gasteiger partial charge on any atom is -0.480 e. The second kappa shape index (κ2) is 7.55. The van der Waals surface area contributed by atoms with Crippen LogP contribution in [0.15, 0.2) is 24.3 Å².